The van der Waals surface area contributed by atoms with Gasteiger partial charge in [0, 0.05) is 12.6 Å². The number of hydrogen-bond donors (Lipinski definition) is 2. The molecule has 0 saturated heterocycles. The molecule has 0 radical (unpaired) electrons. The molecule has 0 saturated carbocycles. The Bertz CT molecular complexity index is 499. The molecule has 1 unspecified atom stereocenters. The lowest BCUT2D eigenvalue weighted by molar-refractivity contribution is 0.783. The molecule has 19 heavy (non-hydrogen) atoms. The molecule has 100 valence electrons. The Hall–Kier alpha value is -2.10. The summed E-state index contributed by atoms with van der Waals surface area (Å²) in [6.07, 6.45) is 4.45. The van der Waals surface area contributed by atoms with Crippen molar-refractivity contribution in [3.8, 4) is 0 Å². The van der Waals surface area contributed by atoms with Crippen LogP contribution in [0.2, 0.25) is 0 Å². The molecular formula is C15H20N4. The van der Waals surface area contributed by atoms with E-state index in [0.717, 1.165) is 24.6 Å². The molecule has 1 heterocycles. The number of anilines is 2. The van der Waals surface area contributed by atoms with Gasteiger partial charge in [-0.3, -0.25) is 4.98 Å². The van der Waals surface area contributed by atoms with Crippen molar-refractivity contribution in [2.24, 2.45) is 0 Å². The molecule has 1 atom stereocenters. The predicted octanol–water partition coefficient (Wildman–Crippen LogP) is 2.95. The zero-order valence-corrected chi connectivity index (χ0v) is 11.4. The van der Waals surface area contributed by atoms with Crippen LogP contribution in [0.1, 0.15) is 19.4 Å². The number of benzene rings is 1. The highest BCUT2D eigenvalue weighted by Crippen LogP contribution is 2.10. The van der Waals surface area contributed by atoms with Crippen LogP contribution < -0.4 is 10.6 Å². The molecular weight excluding hydrogens is 236 g/mol. The van der Waals surface area contributed by atoms with E-state index in [1.165, 1.54) is 5.56 Å². The first kappa shape index (κ1) is 13.3. The van der Waals surface area contributed by atoms with Gasteiger partial charge in [0.25, 0.3) is 0 Å². The molecule has 1 aromatic carbocycles. The van der Waals surface area contributed by atoms with Crippen molar-refractivity contribution < 1.29 is 0 Å². The minimum Gasteiger partial charge on any atom is -0.369 e. The molecule has 4 heteroatoms. The zero-order chi connectivity index (χ0) is 13.5. The molecule has 0 aliphatic carbocycles. The summed E-state index contributed by atoms with van der Waals surface area (Å²) in [6.45, 7) is 5.03. The van der Waals surface area contributed by atoms with Crippen LogP contribution in [0.4, 0.5) is 11.6 Å². The highest BCUT2D eigenvalue weighted by atomic mass is 15.1. The van der Waals surface area contributed by atoms with Crippen LogP contribution in [-0.2, 0) is 6.42 Å². The van der Waals surface area contributed by atoms with Crippen molar-refractivity contribution >= 4 is 11.6 Å². The summed E-state index contributed by atoms with van der Waals surface area (Å²) in [5, 5.41) is 6.53. The van der Waals surface area contributed by atoms with Gasteiger partial charge in [-0.2, -0.15) is 0 Å². The van der Waals surface area contributed by atoms with Crippen LogP contribution in [0.3, 0.4) is 0 Å². The average molecular weight is 256 g/mol. The average Bonchev–Trinajstić information content (AvgIpc) is 2.40. The molecule has 0 aliphatic rings. The lowest BCUT2D eigenvalue weighted by Gasteiger charge is -2.15. The lowest BCUT2D eigenvalue weighted by atomic mass is 10.1. The molecule has 1 aromatic heterocycles. The fraction of sp³-hybridized carbons (Fsp3) is 0.333. The fourth-order valence-corrected chi connectivity index (χ4v) is 1.97. The van der Waals surface area contributed by atoms with Crippen molar-refractivity contribution in [1.29, 1.82) is 0 Å². The first-order valence-electron chi connectivity index (χ1n) is 6.64. The molecule has 4 nitrogen and oxygen atoms in total. The third-order valence-electron chi connectivity index (χ3n) is 2.77. The van der Waals surface area contributed by atoms with Crippen molar-refractivity contribution in [3.05, 3.63) is 48.3 Å². The summed E-state index contributed by atoms with van der Waals surface area (Å²) in [5.41, 5.74) is 1.32. The van der Waals surface area contributed by atoms with Crippen LogP contribution in [-0.4, -0.2) is 22.6 Å². The van der Waals surface area contributed by atoms with Gasteiger partial charge in [0.05, 0.1) is 12.4 Å². The number of nitrogens with one attached hydrogen (secondary N) is 2. The van der Waals surface area contributed by atoms with Gasteiger partial charge in [0.15, 0.2) is 0 Å². The molecule has 2 N–H and O–H groups in total. The minimum absolute atomic E-state index is 0.313. The Kier molecular flexibility index (Phi) is 4.72. The van der Waals surface area contributed by atoms with Crippen LogP contribution in [0.15, 0.2) is 42.7 Å². The van der Waals surface area contributed by atoms with Crippen LogP contribution in [0.5, 0.6) is 0 Å². The van der Waals surface area contributed by atoms with Crippen molar-refractivity contribution in [3.63, 3.8) is 0 Å². The number of nitrogens with zero attached hydrogens (tertiary/aromatic N) is 2. The Morgan fingerprint density at radius 1 is 1.11 bits per heavy atom. The molecule has 0 spiro atoms. The normalized spacial score (nSPS) is 11.9. The Labute approximate surface area is 114 Å². The van der Waals surface area contributed by atoms with E-state index in [1.807, 2.05) is 13.0 Å². The second kappa shape index (κ2) is 6.73. The maximum absolute atomic E-state index is 4.46. The van der Waals surface area contributed by atoms with Crippen LogP contribution in [0, 0.1) is 0 Å². The predicted molar refractivity (Wildman–Crippen MR) is 79.4 cm³/mol. The van der Waals surface area contributed by atoms with E-state index < -0.39 is 0 Å². The maximum Gasteiger partial charge on any atom is 0.147 e. The van der Waals surface area contributed by atoms with Crippen LogP contribution >= 0.6 is 0 Å². The second-order valence-corrected chi connectivity index (χ2v) is 4.55. The first-order chi connectivity index (χ1) is 9.28. The topological polar surface area (TPSA) is 49.8 Å². The van der Waals surface area contributed by atoms with Gasteiger partial charge in [-0.1, -0.05) is 30.3 Å². The smallest absolute Gasteiger partial charge is 0.147 e. The van der Waals surface area contributed by atoms with Gasteiger partial charge in [0.1, 0.15) is 11.6 Å². The van der Waals surface area contributed by atoms with Crippen LogP contribution in [0.25, 0.3) is 0 Å². The van der Waals surface area contributed by atoms with E-state index in [9.17, 15) is 0 Å². The highest BCUT2D eigenvalue weighted by molar-refractivity contribution is 5.42. The van der Waals surface area contributed by atoms with Gasteiger partial charge < -0.3 is 10.6 Å². The summed E-state index contributed by atoms with van der Waals surface area (Å²) in [7, 11) is 0. The minimum atomic E-state index is 0.313. The highest BCUT2D eigenvalue weighted by Gasteiger charge is 2.05. The maximum atomic E-state index is 4.46. The molecule has 0 bridgehead atoms. The Balaban J connectivity index is 1.95. The Morgan fingerprint density at radius 3 is 2.58 bits per heavy atom. The summed E-state index contributed by atoms with van der Waals surface area (Å²) in [5.74, 6) is 1.61. The third kappa shape index (κ3) is 4.25. The SMILES string of the molecule is CCNc1cncc(NC(C)Cc2ccccc2)n1. The summed E-state index contributed by atoms with van der Waals surface area (Å²) in [6, 6.07) is 10.8. The van der Waals surface area contributed by atoms with Crippen molar-refractivity contribution in [2.75, 3.05) is 17.2 Å². The lowest BCUT2D eigenvalue weighted by Crippen LogP contribution is -2.19. The largest absolute Gasteiger partial charge is 0.369 e. The first-order valence-corrected chi connectivity index (χ1v) is 6.64. The number of rotatable bonds is 6. The van der Waals surface area contributed by atoms with Gasteiger partial charge in [-0.15, -0.1) is 0 Å². The van der Waals surface area contributed by atoms with E-state index in [0.29, 0.717) is 6.04 Å². The fourth-order valence-electron chi connectivity index (χ4n) is 1.97. The second-order valence-electron chi connectivity index (χ2n) is 4.55. The summed E-state index contributed by atoms with van der Waals surface area (Å²) >= 11 is 0. The van der Waals surface area contributed by atoms with Gasteiger partial charge in [0.2, 0.25) is 0 Å². The van der Waals surface area contributed by atoms with Gasteiger partial charge >= 0.3 is 0 Å². The van der Waals surface area contributed by atoms with E-state index in [1.54, 1.807) is 12.4 Å². The molecule has 2 rings (SSSR count). The molecule has 0 fully saturated rings. The number of hydrogen-bond acceptors (Lipinski definition) is 4. The molecule has 0 aliphatic heterocycles. The van der Waals surface area contributed by atoms with E-state index in [2.05, 4.69) is 51.8 Å². The zero-order valence-electron chi connectivity index (χ0n) is 11.4. The van der Waals surface area contributed by atoms with E-state index >= 15 is 0 Å². The third-order valence-corrected chi connectivity index (χ3v) is 2.77. The van der Waals surface area contributed by atoms with E-state index in [-0.39, 0.29) is 0 Å². The van der Waals surface area contributed by atoms with E-state index in [4.69, 9.17) is 0 Å². The standard InChI is InChI=1S/C15H20N4/c1-3-17-14-10-16-11-15(19-14)18-12(2)9-13-7-5-4-6-8-13/h4-8,10-12H,3,9H2,1-2H3,(H2,17,18,19). The monoisotopic (exact) mass is 256 g/mol. The number of aromatic nitrogens is 2. The van der Waals surface area contributed by atoms with Gasteiger partial charge in [-0.05, 0) is 25.8 Å². The molecule has 0 amide bonds. The quantitative estimate of drug-likeness (QED) is 0.834. The summed E-state index contributed by atoms with van der Waals surface area (Å²) in [4.78, 5) is 8.64. The van der Waals surface area contributed by atoms with Crippen molar-refractivity contribution in [1.82, 2.24) is 9.97 Å². The Morgan fingerprint density at radius 2 is 1.84 bits per heavy atom. The van der Waals surface area contributed by atoms with Gasteiger partial charge in [-0.25, -0.2) is 4.98 Å². The summed E-state index contributed by atoms with van der Waals surface area (Å²) < 4.78 is 0. The van der Waals surface area contributed by atoms with Crippen molar-refractivity contribution in [2.45, 2.75) is 26.3 Å². The molecule has 2 aromatic rings.